The Bertz CT molecular complexity index is 420. The minimum atomic E-state index is -0.666. The molecule has 4 nitrogen and oxygen atoms in total. The fourth-order valence-corrected chi connectivity index (χ4v) is 1.43. The largest absolute Gasteiger partial charge is 0.510 e. The predicted octanol–water partition coefficient (Wildman–Crippen LogP) is 3.32. The van der Waals surface area contributed by atoms with Gasteiger partial charge in [-0.15, -0.1) is 0 Å². The number of hydrogen-bond donors (Lipinski definition) is 2. The molecule has 0 aliphatic heterocycles. The van der Waals surface area contributed by atoms with Gasteiger partial charge in [0.05, 0.1) is 0 Å². The standard InChI is InChI=1S/C14H19NO3/c1-10(16)12(11-8-6-5-7-9-11)15-13(17)18-14(2,3)4/h5-9,12,16H,1H2,2-4H3,(H,15,17)/t12-/m0/s1. The summed E-state index contributed by atoms with van der Waals surface area (Å²) in [5.41, 5.74) is 0.165. The van der Waals surface area contributed by atoms with E-state index >= 15 is 0 Å². The third kappa shape index (κ3) is 4.49. The SMILES string of the molecule is C=C(O)[C@H](NC(=O)OC(C)(C)C)c1ccccc1. The van der Waals surface area contributed by atoms with Crippen LogP contribution in [0.1, 0.15) is 32.4 Å². The molecular weight excluding hydrogens is 230 g/mol. The Labute approximate surface area is 107 Å². The number of carbonyl (C=O) groups excluding carboxylic acids is 1. The third-order valence-corrected chi connectivity index (χ3v) is 2.13. The van der Waals surface area contributed by atoms with Crippen LogP contribution in [0.4, 0.5) is 4.79 Å². The number of rotatable bonds is 3. The molecule has 0 aromatic heterocycles. The van der Waals surface area contributed by atoms with Crippen molar-refractivity contribution in [2.75, 3.05) is 0 Å². The van der Waals surface area contributed by atoms with E-state index in [1.807, 2.05) is 18.2 Å². The molecule has 0 heterocycles. The smallest absolute Gasteiger partial charge is 0.408 e. The van der Waals surface area contributed by atoms with Crippen molar-refractivity contribution in [1.82, 2.24) is 5.32 Å². The molecule has 2 N–H and O–H groups in total. The van der Waals surface area contributed by atoms with Gasteiger partial charge in [-0.05, 0) is 26.3 Å². The topological polar surface area (TPSA) is 58.6 Å². The predicted molar refractivity (Wildman–Crippen MR) is 70.3 cm³/mol. The van der Waals surface area contributed by atoms with Crippen LogP contribution in [0.3, 0.4) is 0 Å². The first-order valence-electron chi connectivity index (χ1n) is 5.72. The maximum Gasteiger partial charge on any atom is 0.408 e. The minimum absolute atomic E-state index is 0.132. The number of carbonyl (C=O) groups is 1. The van der Waals surface area contributed by atoms with E-state index in [4.69, 9.17) is 4.74 Å². The van der Waals surface area contributed by atoms with Gasteiger partial charge in [0.25, 0.3) is 0 Å². The molecule has 18 heavy (non-hydrogen) atoms. The van der Waals surface area contributed by atoms with Crippen molar-refractivity contribution >= 4 is 6.09 Å². The van der Waals surface area contributed by atoms with E-state index in [1.165, 1.54) is 0 Å². The van der Waals surface area contributed by atoms with Gasteiger partial charge in [0.2, 0.25) is 0 Å². The van der Waals surface area contributed by atoms with Gasteiger partial charge >= 0.3 is 6.09 Å². The van der Waals surface area contributed by atoms with E-state index in [0.717, 1.165) is 5.56 Å². The Morgan fingerprint density at radius 3 is 2.33 bits per heavy atom. The highest BCUT2D eigenvalue weighted by molar-refractivity contribution is 5.69. The number of aliphatic hydroxyl groups excluding tert-OH is 1. The second-order valence-corrected chi connectivity index (χ2v) is 4.98. The van der Waals surface area contributed by atoms with E-state index in [1.54, 1.807) is 32.9 Å². The van der Waals surface area contributed by atoms with E-state index in [2.05, 4.69) is 11.9 Å². The van der Waals surface area contributed by atoms with E-state index in [0.29, 0.717) is 0 Å². The number of amides is 1. The minimum Gasteiger partial charge on any atom is -0.510 e. The Morgan fingerprint density at radius 1 is 1.33 bits per heavy atom. The second-order valence-electron chi connectivity index (χ2n) is 4.98. The summed E-state index contributed by atoms with van der Waals surface area (Å²) in [5.74, 6) is -0.132. The lowest BCUT2D eigenvalue weighted by Crippen LogP contribution is -2.35. The van der Waals surface area contributed by atoms with Crippen molar-refractivity contribution in [2.24, 2.45) is 0 Å². The highest BCUT2D eigenvalue weighted by Crippen LogP contribution is 2.19. The van der Waals surface area contributed by atoms with Crippen LogP contribution in [-0.2, 0) is 4.74 Å². The molecule has 0 saturated heterocycles. The highest BCUT2D eigenvalue weighted by Gasteiger charge is 2.21. The number of hydrogen-bond acceptors (Lipinski definition) is 3. The molecule has 1 aromatic carbocycles. The van der Waals surface area contributed by atoms with Crippen LogP contribution in [0.15, 0.2) is 42.7 Å². The number of benzene rings is 1. The molecule has 0 fully saturated rings. The Hall–Kier alpha value is -1.97. The quantitative estimate of drug-likeness (QED) is 0.808. The zero-order chi connectivity index (χ0) is 13.8. The lowest BCUT2D eigenvalue weighted by molar-refractivity contribution is 0.0501. The summed E-state index contributed by atoms with van der Waals surface area (Å²) in [7, 11) is 0. The number of nitrogens with one attached hydrogen (secondary N) is 1. The molecule has 0 aliphatic rings. The van der Waals surface area contributed by atoms with E-state index in [-0.39, 0.29) is 5.76 Å². The van der Waals surface area contributed by atoms with Crippen LogP contribution < -0.4 is 5.32 Å². The molecule has 0 unspecified atom stereocenters. The normalized spacial score (nSPS) is 12.6. The van der Waals surface area contributed by atoms with Crippen molar-refractivity contribution in [1.29, 1.82) is 0 Å². The lowest BCUT2D eigenvalue weighted by Gasteiger charge is -2.23. The maximum absolute atomic E-state index is 11.7. The van der Waals surface area contributed by atoms with Gasteiger partial charge in [-0.3, -0.25) is 0 Å². The Kier molecular flexibility index (Phi) is 4.37. The van der Waals surface area contributed by atoms with Crippen molar-refractivity contribution in [3.05, 3.63) is 48.2 Å². The van der Waals surface area contributed by atoms with Crippen molar-refractivity contribution in [2.45, 2.75) is 32.4 Å². The van der Waals surface area contributed by atoms with Crippen LogP contribution in [0, 0.1) is 0 Å². The monoisotopic (exact) mass is 249 g/mol. The third-order valence-electron chi connectivity index (χ3n) is 2.13. The fourth-order valence-electron chi connectivity index (χ4n) is 1.43. The van der Waals surface area contributed by atoms with Crippen LogP contribution in [0.2, 0.25) is 0 Å². The molecular formula is C14H19NO3. The molecule has 0 spiro atoms. The molecule has 0 radical (unpaired) electrons. The van der Waals surface area contributed by atoms with E-state index in [9.17, 15) is 9.90 Å². The van der Waals surface area contributed by atoms with Gasteiger partial charge in [0, 0.05) is 0 Å². The Balaban J connectivity index is 2.77. The average Bonchev–Trinajstić information content (AvgIpc) is 2.24. The van der Waals surface area contributed by atoms with Crippen LogP contribution in [-0.4, -0.2) is 16.8 Å². The first-order chi connectivity index (χ1) is 8.29. The van der Waals surface area contributed by atoms with Crippen LogP contribution in [0.5, 0.6) is 0 Å². The number of ether oxygens (including phenoxy) is 1. The summed E-state index contributed by atoms with van der Waals surface area (Å²) in [4.78, 5) is 11.7. The summed E-state index contributed by atoms with van der Waals surface area (Å²) in [6.07, 6.45) is -0.591. The summed E-state index contributed by atoms with van der Waals surface area (Å²) in [6, 6.07) is 8.42. The summed E-state index contributed by atoms with van der Waals surface area (Å²) < 4.78 is 5.14. The first-order valence-corrected chi connectivity index (χ1v) is 5.72. The second kappa shape index (κ2) is 5.58. The van der Waals surface area contributed by atoms with E-state index < -0.39 is 17.7 Å². The van der Waals surface area contributed by atoms with Gasteiger partial charge in [-0.1, -0.05) is 36.9 Å². The molecule has 1 amide bonds. The van der Waals surface area contributed by atoms with Gasteiger partial charge in [0.15, 0.2) is 0 Å². The summed E-state index contributed by atoms with van der Waals surface area (Å²) >= 11 is 0. The van der Waals surface area contributed by atoms with Crippen molar-refractivity contribution < 1.29 is 14.6 Å². The highest BCUT2D eigenvalue weighted by atomic mass is 16.6. The summed E-state index contributed by atoms with van der Waals surface area (Å²) in [5, 5.41) is 12.1. The Morgan fingerprint density at radius 2 is 1.89 bits per heavy atom. The van der Waals surface area contributed by atoms with Gasteiger partial charge in [0.1, 0.15) is 17.4 Å². The lowest BCUT2D eigenvalue weighted by atomic mass is 10.1. The number of alkyl carbamates (subject to hydrolysis) is 1. The number of aliphatic hydroxyl groups is 1. The zero-order valence-electron chi connectivity index (χ0n) is 10.9. The van der Waals surface area contributed by atoms with Crippen molar-refractivity contribution in [3.8, 4) is 0 Å². The first kappa shape index (κ1) is 14.1. The van der Waals surface area contributed by atoms with Gasteiger partial charge < -0.3 is 15.2 Å². The zero-order valence-corrected chi connectivity index (χ0v) is 10.9. The molecule has 0 aliphatic carbocycles. The average molecular weight is 249 g/mol. The van der Waals surface area contributed by atoms with Gasteiger partial charge in [-0.2, -0.15) is 0 Å². The molecule has 1 atom stereocenters. The maximum atomic E-state index is 11.7. The molecule has 1 aromatic rings. The van der Waals surface area contributed by atoms with Crippen LogP contribution in [0.25, 0.3) is 0 Å². The molecule has 98 valence electrons. The summed E-state index contributed by atoms with van der Waals surface area (Å²) in [6.45, 7) is 8.79. The van der Waals surface area contributed by atoms with Crippen molar-refractivity contribution in [3.63, 3.8) is 0 Å². The van der Waals surface area contributed by atoms with Crippen LogP contribution >= 0.6 is 0 Å². The fraction of sp³-hybridized carbons (Fsp3) is 0.357. The molecule has 0 saturated carbocycles. The van der Waals surface area contributed by atoms with Gasteiger partial charge in [-0.25, -0.2) is 4.79 Å². The molecule has 1 rings (SSSR count). The molecule has 4 heteroatoms. The molecule has 0 bridgehead atoms.